The quantitative estimate of drug-likeness (QED) is 0.596. The summed E-state index contributed by atoms with van der Waals surface area (Å²) in [5.74, 6) is -0.168. The Morgan fingerprint density at radius 1 is 1.28 bits per heavy atom. The third-order valence-electron chi connectivity index (χ3n) is 3.31. The van der Waals surface area contributed by atoms with E-state index in [1.165, 1.54) is 0 Å². The van der Waals surface area contributed by atoms with Crippen LogP contribution in [0.2, 0.25) is 0 Å². The van der Waals surface area contributed by atoms with Gasteiger partial charge in [0, 0.05) is 39.8 Å². The summed E-state index contributed by atoms with van der Waals surface area (Å²) in [5.41, 5.74) is 0. The maximum Gasteiger partial charge on any atom is 0.320 e. The van der Waals surface area contributed by atoms with E-state index in [0.717, 1.165) is 13.1 Å². The summed E-state index contributed by atoms with van der Waals surface area (Å²) in [6.45, 7) is 4.23. The van der Waals surface area contributed by atoms with E-state index in [4.69, 9.17) is 4.74 Å². The van der Waals surface area contributed by atoms with Crippen LogP contribution in [-0.2, 0) is 9.53 Å². The zero-order valence-electron chi connectivity index (χ0n) is 10.6. The molecule has 2 rings (SSSR count). The molecule has 0 aromatic rings. The summed E-state index contributed by atoms with van der Waals surface area (Å²) in [4.78, 5) is 27.5. The Labute approximate surface area is 106 Å². The molecule has 7 nitrogen and oxygen atoms in total. The summed E-state index contributed by atoms with van der Waals surface area (Å²) in [5, 5.41) is 5.78. The topological polar surface area (TPSA) is 73.9 Å². The maximum absolute atomic E-state index is 12.4. The predicted molar refractivity (Wildman–Crippen MR) is 65.2 cm³/mol. The molecule has 2 saturated heterocycles. The van der Waals surface area contributed by atoms with E-state index in [2.05, 4.69) is 10.6 Å². The van der Waals surface area contributed by atoms with Crippen LogP contribution in [0.15, 0.2) is 0 Å². The molecule has 0 radical (unpaired) electrons. The largest absolute Gasteiger partial charge is 0.377 e. The summed E-state index contributed by atoms with van der Waals surface area (Å²) in [6, 6.07) is -0.570. The summed E-state index contributed by atoms with van der Waals surface area (Å²) in [7, 11) is 1.57. The number of ether oxygens (including phenoxy) is 1. The number of piperazine rings is 1. The van der Waals surface area contributed by atoms with Crippen LogP contribution in [0.1, 0.15) is 0 Å². The van der Waals surface area contributed by atoms with Crippen molar-refractivity contribution in [2.45, 2.75) is 6.04 Å². The molecule has 2 fully saturated rings. The first-order valence-corrected chi connectivity index (χ1v) is 6.29. The second-order valence-electron chi connectivity index (χ2n) is 4.42. The van der Waals surface area contributed by atoms with Crippen molar-refractivity contribution in [2.75, 3.05) is 53.0 Å². The number of carbonyl (C=O) groups is 2. The molecular formula is C11H20N4O3. The molecule has 0 aromatic heterocycles. The van der Waals surface area contributed by atoms with E-state index in [-0.39, 0.29) is 18.5 Å². The van der Waals surface area contributed by atoms with Gasteiger partial charge in [0.25, 0.3) is 0 Å². The van der Waals surface area contributed by atoms with Crippen molar-refractivity contribution in [2.24, 2.45) is 0 Å². The molecule has 3 amide bonds. The van der Waals surface area contributed by atoms with Crippen molar-refractivity contribution in [3.63, 3.8) is 0 Å². The fourth-order valence-electron chi connectivity index (χ4n) is 2.25. The fourth-order valence-corrected chi connectivity index (χ4v) is 2.25. The number of likely N-dealkylation sites (N-methyl/N-ethyl adjacent to an activating group) is 1. The first-order valence-electron chi connectivity index (χ1n) is 6.29. The second-order valence-corrected chi connectivity index (χ2v) is 4.42. The van der Waals surface area contributed by atoms with Gasteiger partial charge in [-0.15, -0.1) is 0 Å². The van der Waals surface area contributed by atoms with Crippen LogP contribution in [0.25, 0.3) is 0 Å². The van der Waals surface area contributed by atoms with E-state index < -0.39 is 6.04 Å². The van der Waals surface area contributed by atoms with Crippen LogP contribution in [-0.4, -0.2) is 80.8 Å². The van der Waals surface area contributed by atoms with Gasteiger partial charge in [-0.2, -0.15) is 0 Å². The highest BCUT2D eigenvalue weighted by Gasteiger charge is 2.34. The number of amides is 3. The normalized spacial score (nSPS) is 24.8. The zero-order chi connectivity index (χ0) is 13.0. The third kappa shape index (κ3) is 2.73. The SMILES string of the molecule is CNC(=O)C1COCCN1C(=O)N1CCNCC1. The summed E-state index contributed by atoms with van der Waals surface area (Å²) in [6.07, 6.45) is 0. The standard InChI is InChI=1S/C11H20N4O3/c1-12-10(16)9-8-18-7-6-15(9)11(17)14-4-2-13-3-5-14/h9,13H,2-8H2,1H3,(H,12,16). The number of nitrogens with one attached hydrogen (secondary N) is 2. The van der Waals surface area contributed by atoms with Crippen LogP contribution >= 0.6 is 0 Å². The smallest absolute Gasteiger partial charge is 0.320 e. The Morgan fingerprint density at radius 3 is 2.67 bits per heavy atom. The molecule has 7 heteroatoms. The van der Waals surface area contributed by atoms with E-state index in [1.54, 1.807) is 16.8 Å². The van der Waals surface area contributed by atoms with Crippen LogP contribution in [0.3, 0.4) is 0 Å². The Kier molecular flexibility index (Phi) is 4.38. The number of rotatable bonds is 1. The van der Waals surface area contributed by atoms with Gasteiger partial charge in [-0.3, -0.25) is 4.79 Å². The summed E-state index contributed by atoms with van der Waals surface area (Å²) < 4.78 is 5.29. The van der Waals surface area contributed by atoms with Gasteiger partial charge in [0.2, 0.25) is 5.91 Å². The van der Waals surface area contributed by atoms with Crippen molar-refractivity contribution in [3.8, 4) is 0 Å². The highest BCUT2D eigenvalue weighted by Crippen LogP contribution is 2.11. The van der Waals surface area contributed by atoms with Crippen molar-refractivity contribution >= 4 is 11.9 Å². The van der Waals surface area contributed by atoms with Crippen LogP contribution in [0.5, 0.6) is 0 Å². The first kappa shape index (κ1) is 13.1. The predicted octanol–water partition coefficient (Wildman–Crippen LogP) is -1.54. The van der Waals surface area contributed by atoms with E-state index in [0.29, 0.717) is 26.2 Å². The first-order chi connectivity index (χ1) is 8.74. The van der Waals surface area contributed by atoms with Gasteiger partial charge >= 0.3 is 6.03 Å². The summed E-state index contributed by atoms with van der Waals surface area (Å²) >= 11 is 0. The van der Waals surface area contributed by atoms with Crippen LogP contribution in [0, 0.1) is 0 Å². The minimum Gasteiger partial charge on any atom is -0.377 e. The fraction of sp³-hybridized carbons (Fsp3) is 0.818. The second kappa shape index (κ2) is 6.01. The Morgan fingerprint density at radius 2 is 2.00 bits per heavy atom. The molecule has 2 aliphatic rings. The minimum absolute atomic E-state index is 0.0617. The van der Waals surface area contributed by atoms with Crippen molar-refractivity contribution < 1.29 is 14.3 Å². The van der Waals surface area contributed by atoms with Gasteiger partial charge in [-0.25, -0.2) is 4.79 Å². The molecule has 1 unspecified atom stereocenters. The van der Waals surface area contributed by atoms with Crippen molar-refractivity contribution in [1.29, 1.82) is 0 Å². The molecule has 18 heavy (non-hydrogen) atoms. The molecule has 102 valence electrons. The molecular weight excluding hydrogens is 236 g/mol. The number of morpholine rings is 1. The average Bonchev–Trinajstić information content (AvgIpc) is 2.46. The van der Waals surface area contributed by atoms with E-state index in [9.17, 15) is 9.59 Å². The number of urea groups is 1. The number of carbonyl (C=O) groups excluding carboxylic acids is 2. The maximum atomic E-state index is 12.4. The third-order valence-corrected chi connectivity index (χ3v) is 3.31. The average molecular weight is 256 g/mol. The molecule has 1 atom stereocenters. The van der Waals surface area contributed by atoms with Gasteiger partial charge in [0.1, 0.15) is 6.04 Å². The lowest BCUT2D eigenvalue weighted by atomic mass is 10.2. The van der Waals surface area contributed by atoms with E-state index >= 15 is 0 Å². The van der Waals surface area contributed by atoms with Gasteiger partial charge in [-0.1, -0.05) is 0 Å². The molecule has 2 aliphatic heterocycles. The molecule has 0 bridgehead atoms. The Bertz CT molecular complexity index is 317. The van der Waals surface area contributed by atoms with Crippen molar-refractivity contribution in [3.05, 3.63) is 0 Å². The number of hydrogen-bond acceptors (Lipinski definition) is 4. The van der Waals surface area contributed by atoms with Gasteiger partial charge in [0.05, 0.1) is 13.2 Å². The lowest BCUT2D eigenvalue weighted by Gasteiger charge is -2.39. The Balaban J connectivity index is 2.03. The lowest BCUT2D eigenvalue weighted by molar-refractivity contribution is -0.130. The molecule has 2 N–H and O–H groups in total. The van der Waals surface area contributed by atoms with Gasteiger partial charge < -0.3 is 25.2 Å². The number of nitrogens with zero attached hydrogens (tertiary/aromatic N) is 2. The van der Waals surface area contributed by atoms with Gasteiger partial charge in [-0.05, 0) is 0 Å². The molecule has 2 heterocycles. The van der Waals surface area contributed by atoms with E-state index in [1.807, 2.05) is 0 Å². The monoisotopic (exact) mass is 256 g/mol. The minimum atomic E-state index is -0.508. The highest BCUT2D eigenvalue weighted by atomic mass is 16.5. The van der Waals surface area contributed by atoms with Crippen LogP contribution < -0.4 is 10.6 Å². The molecule has 0 aromatic carbocycles. The molecule has 0 aliphatic carbocycles. The number of hydrogen-bond donors (Lipinski definition) is 2. The molecule has 0 saturated carbocycles. The Hall–Kier alpha value is -1.34. The molecule has 0 spiro atoms. The lowest BCUT2D eigenvalue weighted by Crippen LogP contribution is -2.60. The van der Waals surface area contributed by atoms with Crippen LogP contribution in [0.4, 0.5) is 4.79 Å². The van der Waals surface area contributed by atoms with Gasteiger partial charge in [0.15, 0.2) is 0 Å². The zero-order valence-corrected chi connectivity index (χ0v) is 10.6. The van der Waals surface area contributed by atoms with Crippen molar-refractivity contribution in [1.82, 2.24) is 20.4 Å². The highest BCUT2D eigenvalue weighted by molar-refractivity contribution is 5.87.